The molecular weight excluding hydrogens is 749 g/mol. The monoisotopic (exact) mass is 829 g/mol. The Bertz CT molecular complexity index is 1110. The van der Waals surface area contributed by atoms with Crippen LogP contribution in [0.1, 0.15) is 166 Å². The van der Waals surface area contributed by atoms with Gasteiger partial charge in [-0.15, -0.1) is 0 Å². The molecule has 1 radical (unpaired) electrons. The summed E-state index contributed by atoms with van der Waals surface area (Å²) < 4.78 is 0. The third kappa shape index (κ3) is 29.6. The van der Waals surface area contributed by atoms with Gasteiger partial charge in [0.25, 0.3) is 0 Å². The van der Waals surface area contributed by atoms with E-state index in [4.69, 9.17) is 0 Å². The second-order valence-corrected chi connectivity index (χ2v) is 21.6. The van der Waals surface area contributed by atoms with Gasteiger partial charge in [0.2, 0.25) is 0 Å². The molecule has 0 aromatic rings. The Morgan fingerprint density at radius 2 is 0.358 bits per heavy atom. The van der Waals surface area contributed by atoms with Crippen LogP contribution in [0.25, 0.3) is 0 Å². The smallest absolute Gasteiger partial charge is 0.164 e. The van der Waals surface area contributed by atoms with Crippen LogP contribution in [0, 0.1) is 43.3 Å². The first kappa shape index (κ1) is 59.8. The van der Waals surface area contributed by atoms with Crippen molar-refractivity contribution < 1.29 is 62.0 Å². The van der Waals surface area contributed by atoms with E-state index in [0.29, 0.717) is 0 Å². The van der Waals surface area contributed by atoms with E-state index in [2.05, 4.69) is 0 Å². The molecule has 4 N–H and O–H groups in total. The molecule has 0 saturated heterocycles. The first-order valence-corrected chi connectivity index (χ1v) is 18.0. The van der Waals surface area contributed by atoms with Crippen LogP contribution < -0.4 is 0 Å². The largest absolute Gasteiger partial charge is 0.512 e. The topological polar surface area (TPSA) is 149 Å². The first-order valence-electron chi connectivity index (χ1n) is 18.0. The number of carbonyl (C=O) groups is 4. The quantitative estimate of drug-likeness (QED) is 0.124. The molecule has 0 aliphatic heterocycles. The van der Waals surface area contributed by atoms with Gasteiger partial charge in [-0.2, -0.15) is 0 Å². The zero-order valence-electron chi connectivity index (χ0n) is 38.2. The summed E-state index contributed by atoms with van der Waals surface area (Å²) in [5, 5.41) is 38.2. The fraction of sp³-hybridized carbons (Fsp3) is 0.727. The Hall–Kier alpha value is -2.42. The fourth-order valence-corrected chi connectivity index (χ4v) is 2.23. The number of hydrogen-bond donors (Lipinski definition) is 4. The molecule has 9 heteroatoms. The molecule has 0 saturated carbocycles. The standard InChI is InChI=1S/4C11H20O2.Nb/c4*1-10(2,3)8(12)7-9(13)11(4,5)6;/h4*7,12H,1-6H3;/b3*8-7+;8-7-;. The van der Waals surface area contributed by atoms with E-state index in [1.807, 2.05) is 166 Å². The Morgan fingerprint density at radius 3 is 0.415 bits per heavy atom. The van der Waals surface area contributed by atoms with Crippen LogP contribution in [0.4, 0.5) is 0 Å². The van der Waals surface area contributed by atoms with Crippen molar-refractivity contribution >= 4 is 23.1 Å². The first-order chi connectivity index (χ1) is 22.2. The molecule has 309 valence electrons. The van der Waals surface area contributed by atoms with Crippen LogP contribution in [-0.4, -0.2) is 43.6 Å². The molecule has 0 aromatic carbocycles. The van der Waals surface area contributed by atoms with Gasteiger partial charge in [0, 0.05) is 90.0 Å². The average Bonchev–Trinajstić information content (AvgIpc) is 2.85. The van der Waals surface area contributed by atoms with Gasteiger partial charge in [-0.1, -0.05) is 166 Å². The average molecular weight is 830 g/mol. The van der Waals surface area contributed by atoms with Crippen molar-refractivity contribution in [2.45, 2.75) is 166 Å². The van der Waals surface area contributed by atoms with Crippen molar-refractivity contribution in [2.75, 3.05) is 0 Å². The molecule has 0 aliphatic rings. The Balaban J connectivity index is -0.000000192. The maximum absolute atomic E-state index is 11.5. The second-order valence-electron chi connectivity index (χ2n) is 21.6. The Labute approximate surface area is 340 Å². The molecule has 53 heavy (non-hydrogen) atoms. The number of aliphatic hydroxyl groups excluding tert-OH is 4. The number of ketones is 4. The molecule has 0 aliphatic carbocycles. The van der Waals surface area contributed by atoms with Crippen LogP contribution in [0.5, 0.6) is 0 Å². The maximum atomic E-state index is 11.5. The number of carbonyl (C=O) groups excluding carboxylic acids is 4. The van der Waals surface area contributed by atoms with Crippen molar-refractivity contribution in [2.24, 2.45) is 43.3 Å². The minimum absolute atomic E-state index is 0. The SMILES string of the molecule is CC(C)(C)C(=O)/C=C(/O)C(C)(C)C.CC(C)(C)C(=O)/C=C(/O)C(C)(C)C.CC(C)(C)C(=O)/C=C(/O)C(C)(C)C.CC(C)(C)C(=O)/C=C(\O)C(C)(C)C.[Nb]. The zero-order valence-corrected chi connectivity index (χ0v) is 40.4. The van der Waals surface area contributed by atoms with Gasteiger partial charge in [-0.3, -0.25) is 19.2 Å². The van der Waals surface area contributed by atoms with E-state index in [9.17, 15) is 39.6 Å². The van der Waals surface area contributed by atoms with Gasteiger partial charge in [0.15, 0.2) is 23.1 Å². The van der Waals surface area contributed by atoms with Crippen molar-refractivity contribution in [3.63, 3.8) is 0 Å². The van der Waals surface area contributed by atoms with Crippen molar-refractivity contribution in [3.05, 3.63) is 47.3 Å². The van der Waals surface area contributed by atoms with Crippen LogP contribution >= 0.6 is 0 Å². The van der Waals surface area contributed by atoms with Gasteiger partial charge in [0.05, 0.1) is 0 Å². The number of hydrogen-bond acceptors (Lipinski definition) is 8. The fourth-order valence-electron chi connectivity index (χ4n) is 2.23. The van der Waals surface area contributed by atoms with Gasteiger partial charge in [0.1, 0.15) is 23.0 Å². The molecule has 8 nitrogen and oxygen atoms in total. The maximum Gasteiger partial charge on any atom is 0.164 e. The van der Waals surface area contributed by atoms with Crippen LogP contribution in [-0.2, 0) is 41.6 Å². The molecule has 0 heterocycles. The Kier molecular flexibility index (Phi) is 24.4. The number of allylic oxidation sites excluding steroid dienone is 8. The summed E-state index contributed by atoms with van der Waals surface area (Å²) in [6.07, 6.45) is 5.33. The summed E-state index contributed by atoms with van der Waals surface area (Å²) in [5.74, 6) is 0.416. The van der Waals surface area contributed by atoms with E-state index < -0.39 is 21.7 Å². The van der Waals surface area contributed by atoms with Gasteiger partial charge in [-0.05, 0) is 0 Å². The van der Waals surface area contributed by atoms with E-state index in [-0.39, 0.29) is 90.2 Å². The summed E-state index contributed by atoms with van der Waals surface area (Å²) in [4.78, 5) is 45.9. The van der Waals surface area contributed by atoms with Crippen LogP contribution in [0.15, 0.2) is 47.3 Å². The van der Waals surface area contributed by atoms with Crippen molar-refractivity contribution in [3.8, 4) is 0 Å². The molecule has 0 aromatic heterocycles. The third-order valence-electron chi connectivity index (χ3n) is 7.10. The molecule has 0 atom stereocenters. The van der Waals surface area contributed by atoms with E-state index in [1.165, 1.54) is 24.3 Å². The third-order valence-corrected chi connectivity index (χ3v) is 7.10. The molecule has 0 amide bonds. The van der Waals surface area contributed by atoms with E-state index in [0.717, 1.165) is 0 Å². The predicted octanol–water partition coefficient (Wildman–Crippen LogP) is 12.4. The number of aliphatic hydroxyl groups is 4. The minimum Gasteiger partial charge on any atom is -0.512 e. The predicted molar refractivity (Wildman–Crippen MR) is 219 cm³/mol. The molecule has 0 rings (SSSR count). The van der Waals surface area contributed by atoms with Gasteiger partial charge in [-0.25, -0.2) is 0 Å². The summed E-state index contributed by atoms with van der Waals surface area (Å²) in [5.41, 5.74) is -3.06. The summed E-state index contributed by atoms with van der Waals surface area (Å²) >= 11 is 0. The van der Waals surface area contributed by atoms with E-state index >= 15 is 0 Å². The molecule has 0 fully saturated rings. The summed E-state index contributed by atoms with van der Waals surface area (Å²) in [6.45, 7) is 44.5. The normalized spacial score (nSPS) is 14.2. The summed E-state index contributed by atoms with van der Waals surface area (Å²) in [6, 6.07) is 0. The molecule has 0 spiro atoms. The van der Waals surface area contributed by atoms with Crippen LogP contribution in [0.3, 0.4) is 0 Å². The van der Waals surface area contributed by atoms with E-state index in [1.54, 1.807) is 0 Å². The number of rotatable bonds is 4. The Morgan fingerprint density at radius 1 is 0.264 bits per heavy atom. The van der Waals surface area contributed by atoms with Gasteiger partial charge >= 0.3 is 0 Å². The molecule has 0 unspecified atom stereocenters. The van der Waals surface area contributed by atoms with Gasteiger partial charge < -0.3 is 20.4 Å². The minimum atomic E-state index is -0.417. The summed E-state index contributed by atoms with van der Waals surface area (Å²) in [7, 11) is 0. The van der Waals surface area contributed by atoms with Crippen LogP contribution in [0.2, 0.25) is 0 Å². The van der Waals surface area contributed by atoms with Crippen molar-refractivity contribution in [1.29, 1.82) is 0 Å². The molecule has 0 bridgehead atoms. The zero-order chi connectivity index (χ0) is 43.4. The van der Waals surface area contributed by atoms with Crippen molar-refractivity contribution in [1.82, 2.24) is 0 Å². The second kappa shape index (κ2) is 21.6. The molecular formula is C44H80NbO8.